The molecule has 2 aromatic rings. The summed E-state index contributed by atoms with van der Waals surface area (Å²) in [7, 11) is 0. The lowest BCUT2D eigenvalue weighted by Gasteiger charge is -2.06. The predicted octanol–water partition coefficient (Wildman–Crippen LogP) is 4.02. The van der Waals surface area contributed by atoms with Crippen LogP contribution in [0.25, 0.3) is 0 Å². The summed E-state index contributed by atoms with van der Waals surface area (Å²) in [5.41, 5.74) is 1.19. The number of thiophene rings is 1. The number of halogens is 2. The fourth-order valence-corrected chi connectivity index (χ4v) is 2.28. The Morgan fingerprint density at radius 2 is 2.24 bits per heavy atom. The zero-order valence-electron chi connectivity index (χ0n) is 8.71. The minimum Gasteiger partial charge on any atom is -0.379 e. The zero-order chi connectivity index (χ0) is 12.3. The van der Waals surface area contributed by atoms with Crippen molar-refractivity contribution in [3.8, 4) is 6.07 Å². The molecular weight excluding hydrogens is 259 g/mol. The molecule has 0 aliphatic heterocycles. The molecule has 0 aliphatic rings. The molecule has 0 radical (unpaired) electrons. The van der Waals surface area contributed by atoms with Gasteiger partial charge >= 0.3 is 0 Å². The highest BCUT2D eigenvalue weighted by Crippen LogP contribution is 2.24. The van der Waals surface area contributed by atoms with Gasteiger partial charge in [-0.25, -0.2) is 4.39 Å². The highest BCUT2D eigenvalue weighted by atomic mass is 35.5. The Labute approximate surface area is 107 Å². The molecule has 0 bridgehead atoms. The van der Waals surface area contributed by atoms with Crippen LogP contribution in [0.3, 0.4) is 0 Å². The minimum absolute atomic E-state index is 0.333. The van der Waals surface area contributed by atoms with Gasteiger partial charge in [0.05, 0.1) is 16.3 Å². The normalized spacial score (nSPS) is 9.94. The summed E-state index contributed by atoms with van der Waals surface area (Å²) < 4.78 is 13.0. The molecule has 5 heteroatoms. The third-order valence-corrected chi connectivity index (χ3v) is 3.43. The van der Waals surface area contributed by atoms with Crippen molar-refractivity contribution >= 4 is 28.6 Å². The van der Waals surface area contributed by atoms with E-state index >= 15 is 0 Å². The van der Waals surface area contributed by atoms with Crippen molar-refractivity contribution in [2.24, 2.45) is 0 Å². The first-order chi connectivity index (χ1) is 8.19. The molecule has 0 fully saturated rings. The first kappa shape index (κ1) is 11.9. The second-order valence-corrected chi connectivity index (χ2v) is 4.79. The number of anilines is 1. The van der Waals surface area contributed by atoms with Crippen LogP contribution in [-0.4, -0.2) is 0 Å². The second-order valence-electron chi connectivity index (χ2n) is 3.39. The summed E-state index contributed by atoms with van der Waals surface area (Å²) in [6.07, 6.45) is 0. The minimum atomic E-state index is -0.333. The molecule has 86 valence electrons. The van der Waals surface area contributed by atoms with Gasteiger partial charge in [0.25, 0.3) is 0 Å². The molecule has 1 aromatic heterocycles. The first-order valence-electron chi connectivity index (χ1n) is 4.85. The van der Waals surface area contributed by atoms with Crippen LogP contribution in [0.15, 0.2) is 29.6 Å². The van der Waals surface area contributed by atoms with E-state index in [-0.39, 0.29) is 5.82 Å². The summed E-state index contributed by atoms with van der Waals surface area (Å²) in [6.45, 7) is 0.523. The molecule has 0 atom stereocenters. The van der Waals surface area contributed by atoms with Gasteiger partial charge in [0.2, 0.25) is 0 Å². The molecule has 1 heterocycles. The number of rotatable bonds is 3. The van der Waals surface area contributed by atoms with Crippen molar-refractivity contribution < 1.29 is 4.39 Å². The van der Waals surface area contributed by atoms with Crippen molar-refractivity contribution in [3.63, 3.8) is 0 Å². The maximum Gasteiger partial charge on any atom is 0.125 e. The molecule has 0 saturated carbocycles. The highest BCUT2D eigenvalue weighted by Gasteiger charge is 2.03. The van der Waals surface area contributed by atoms with Crippen LogP contribution < -0.4 is 5.32 Å². The van der Waals surface area contributed by atoms with Crippen LogP contribution in [0, 0.1) is 17.1 Å². The summed E-state index contributed by atoms with van der Waals surface area (Å²) in [5, 5.41) is 14.0. The predicted molar refractivity (Wildman–Crippen MR) is 67.8 cm³/mol. The third-order valence-electron chi connectivity index (χ3n) is 2.16. The van der Waals surface area contributed by atoms with Crippen molar-refractivity contribution in [2.45, 2.75) is 6.54 Å². The molecule has 2 nitrogen and oxygen atoms in total. The average Bonchev–Trinajstić information content (AvgIpc) is 2.78. The van der Waals surface area contributed by atoms with Crippen molar-refractivity contribution in [3.05, 3.63) is 50.9 Å². The molecule has 0 spiro atoms. The molecule has 0 amide bonds. The van der Waals surface area contributed by atoms with Gasteiger partial charge in [-0.2, -0.15) is 5.26 Å². The van der Waals surface area contributed by atoms with E-state index in [1.54, 1.807) is 11.4 Å². The molecule has 0 aliphatic carbocycles. The molecule has 1 N–H and O–H groups in total. The van der Waals surface area contributed by atoms with E-state index in [2.05, 4.69) is 11.4 Å². The lowest BCUT2D eigenvalue weighted by atomic mass is 10.3. The van der Waals surface area contributed by atoms with Crippen LogP contribution in [0.5, 0.6) is 0 Å². The number of nitriles is 1. The molecule has 17 heavy (non-hydrogen) atoms. The monoisotopic (exact) mass is 266 g/mol. The largest absolute Gasteiger partial charge is 0.379 e. The van der Waals surface area contributed by atoms with E-state index in [1.165, 1.54) is 29.5 Å². The van der Waals surface area contributed by atoms with E-state index < -0.39 is 0 Å². The van der Waals surface area contributed by atoms with Gasteiger partial charge in [-0.05, 0) is 24.3 Å². The lowest BCUT2D eigenvalue weighted by Crippen LogP contribution is -1.98. The van der Waals surface area contributed by atoms with E-state index in [0.717, 1.165) is 4.88 Å². The van der Waals surface area contributed by atoms with Crippen LogP contribution in [0.1, 0.15) is 10.4 Å². The average molecular weight is 267 g/mol. The van der Waals surface area contributed by atoms with Crippen molar-refractivity contribution in [2.75, 3.05) is 5.32 Å². The Morgan fingerprint density at radius 3 is 2.94 bits per heavy atom. The third kappa shape index (κ3) is 2.96. The Balaban J connectivity index is 2.07. The summed E-state index contributed by atoms with van der Waals surface area (Å²) >= 11 is 7.40. The van der Waals surface area contributed by atoms with Gasteiger partial charge < -0.3 is 5.32 Å². The SMILES string of the molecule is N#Cc1csc(CNc2cc(F)ccc2Cl)c1. The number of hydrogen-bond acceptors (Lipinski definition) is 3. The van der Waals surface area contributed by atoms with Gasteiger partial charge in [-0.3, -0.25) is 0 Å². The fourth-order valence-electron chi connectivity index (χ4n) is 1.35. The standard InChI is InChI=1S/C12H8ClFN2S/c13-11-2-1-9(14)4-12(11)16-6-10-3-8(5-15)7-17-10/h1-4,7,16H,6H2. The Morgan fingerprint density at radius 1 is 1.41 bits per heavy atom. The van der Waals surface area contributed by atoms with Gasteiger partial charge in [0.1, 0.15) is 11.9 Å². The van der Waals surface area contributed by atoms with Gasteiger partial charge in [-0.15, -0.1) is 11.3 Å². The summed E-state index contributed by atoms with van der Waals surface area (Å²) in [5.74, 6) is -0.333. The molecular formula is C12H8ClFN2S. The highest BCUT2D eigenvalue weighted by molar-refractivity contribution is 7.10. The molecule has 2 rings (SSSR count). The van der Waals surface area contributed by atoms with Crippen molar-refractivity contribution in [1.82, 2.24) is 0 Å². The molecule has 1 aromatic carbocycles. The Hall–Kier alpha value is -1.57. The first-order valence-corrected chi connectivity index (χ1v) is 6.11. The fraction of sp³-hybridized carbons (Fsp3) is 0.0833. The van der Waals surface area contributed by atoms with Gasteiger partial charge in [0, 0.05) is 16.8 Å². The molecule has 0 unspecified atom stereocenters. The Bertz CT molecular complexity index is 574. The van der Waals surface area contributed by atoms with Crippen LogP contribution in [-0.2, 0) is 6.54 Å². The number of hydrogen-bond donors (Lipinski definition) is 1. The smallest absolute Gasteiger partial charge is 0.125 e. The Kier molecular flexibility index (Phi) is 3.62. The topological polar surface area (TPSA) is 35.8 Å². The van der Waals surface area contributed by atoms with E-state index in [4.69, 9.17) is 16.9 Å². The van der Waals surface area contributed by atoms with Gasteiger partial charge in [-0.1, -0.05) is 11.6 Å². The van der Waals surface area contributed by atoms with Crippen LogP contribution >= 0.6 is 22.9 Å². The number of benzene rings is 1. The summed E-state index contributed by atoms with van der Waals surface area (Å²) in [6, 6.07) is 8.03. The van der Waals surface area contributed by atoms with E-state index in [9.17, 15) is 4.39 Å². The lowest BCUT2D eigenvalue weighted by molar-refractivity contribution is 0.628. The number of nitrogens with zero attached hydrogens (tertiary/aromatic N) is 1. The molecule has 0 saturated heterocycles. The van der Waals surface area contributed by atoms with Crippen LogP contribution in [0.4, 0.5) is 10.1 Å². The number of nitrogens with one attached hydrogen (secondary N) is 1. The second kappa shape index (κ2) is 5.17. The maximum atomic E-state index is 13.0. The quantitative estimate of drug-likeness (QED) is 0.911. The van der Waals surface area contributed by atoms with E-state index in [0.29, 0.717) is 22.8 Å². The van der Waals surface area contributed by atoms with E-state index in [1.807, 2.05) is 0 Å². The van der Waals surface area contributed by atoms with Gasteiger partial charge in [0.15, 0.2) is 0 Å². The zero-order valence-corrected chi connectivity index (χ0v) is 10.3. The van der Waals surface area contributed by atoms with Crippen molar-refractivity contribution in [1.29, 1.82) is 5.26 Å². The summed E-state index contributed by atoms with van der Waals surface area (Å²) in [4.78, 5) is 1.00. The van der Waals surface area contributed by atoms with Crippen LogP contribution in [0.2, 0.25) is 5.02 Å². The maximum absolute atomic E-state index is 13.0.